The van der Waals surface area contributed by atoms with Gasteiger partial charge in [0.15, 0.2) is 0 Å². The molecule has 4 aromatic rings. The monoisotopic (exact) mass is 544 g/mol. The molecular weight excluding hydrogens is 534 g/mol. The van der Waals surface area contributed by atoms with Crippen molar-refractivity contribution in [2.45, 2.75) is 0 Å². The Balaban J connectivity index is 1.82. The van der Waals surface area contributed by atoms with Crippen LogP contribution in [0.25, 0.3) is 11.7 Å². The zero-order chi connectivity index (χ0) is 25.1. The van der Waals surface area contributed by atoms with Gasteiger partial charge in [0, 0.05) is 11.2 Å². The number of nitrogens with zero attached hydrogens (tertiary/aromatic N) is 3. The average Bonchev–Trinajstić information content (AvgIpc) is 2.83. The van der Waals surface area contributed by atoms with Gasteiger partial charge in [-0.05, 0) is 48.5 Å². The van der Waals surface area contributed by atoms with E-state index in [0.717, 1.165) is 6.08 Å². The Bertz CT molecular complexity index is 1610. The molecular formula is C24H12Cl4N4O3. The van der Waals surface area contributed by atoms with Crippen LogP contribution in [-0.2, 0) is 4.79 Å². The van der Waals surface area contributed by atoms with Gasteiger partial charge in [0.05, 0.1) is 20.8 Å². The maximum atomic E-state index is 13.3. The number of hydrogen-bond donors (Lipinski definition) is 1. The number of carbonyl (C=O) groups is 1. The van der Waals surface area contributed by atoms with Gasteiger partial charge in [-0.15, -0.1) is 0 Å². The number of ether oxygens (including phenoxy) is 1. The fraction of sp³-hybridized carbons (Fsp3) is 0. The largest absolute Gasteiger partial charge is 0.437 e. The number of pyridine rings is 1. The van der Waals surface area contributed by atoms with Crippen LogP contribution in [0.15, 0.2) is 71.2 Å². The number of anilines is 1. The molecule has 0 radical (unpaired) electrons. The minimum atomic E-state index is -0.815. The predicted molar refractivity (Wildman–Crippen MR) is 137 cm³/mol. The van der Waals surface area contributed by atoms with Gasteiger partial charge in [-0.1, -0.05) is 58.5 Å². The van der Waals surface area contributed by atoms with E-state index in [-0.39, 0.29) is 43.6 Å². The third-order valence-electron chi connectivity index (χ3n) is 4.69. The summed E-state index contributed by atoms with van der Waals surface area (Å²) < 4.78 is 7.08. The minimum absolute atomic E-state index is 0.105. The Morgan fingerprint density at radius 3 is 2.60 bits per heavy atom. The summed E-state index contributed by atoms with van der Waals surface area (Å²) in [5.41, 5.74) is -0.644. The second-order valence-electron chi connectivity index (χ2n) is 6.97. The van der Waals surface area contributed by atoms with Gasteiger partial charge < -0.3 is 10.1 Å². The van der Waals surface area contributed by atoms with E-state index in [0.29, 0.717) is 5.02 Å². The molecule has 0 aliphatic heterocycles. The van der Waals surface area contributed by atoms with Crippen molar-refractivity contribution >= 4 is 69.7 Å². The van der Waals surface area contributed by atoms with Crippen LogP contribution in [0.1, 0.15) is 5.56 Å². The first kappa shape index (κ1) is 24.6. The number of benzene rings is 2. The Labute approximate surface area is 218 Å². The molecule has 174 valence electrons. The third kappa shape index (κ3) is 5.26. The Hall–Kier alpha value is -3.54. The van der Waals surface area contributed by atoms with Crippen LogP contribution in [0.2, 0.25) is 20.1 Å². The SMILES string of the molecule is N#C/C(=C/c1c(Oc2ccc(Cl)cc2Cl)nc2ccccn2c1=O)C(=O)Nc1cccc(Cl)c1Cl. The van der Waals surface area contributed by atoms with Crippen molar-refractivity contribution in [2.75, 3.05) is 5.32 Å². The molecule has 0 aliphatic rings. The van der Waals surface area contributed by atoms with Crippen LogP contribution >= 0.6 is 46.4 Å². The molecule has 0 bridgehead atoms. The molecule has 0 saturated carbocycles. The fourth-order valence-corrected chi connectivity index (χ4v) is 3.82. The van der Waals surface area contributed by atoms with Crippen LogP contribution in [0.3, 0.4) is 0 Å². The molecule has 35 heavy (non-hydrogen) atoms. The molecule has 4 rings (SSSR count). The van der Waals surface area contributed by atoms with Crippen molar-refractivity contribution in [1.82, 2.24) is 9.38 Å². The molecule has 1 amide bonds. The molecule has 2 heterocycles. The van der Waals surface area contributed by atoms with Gasteiger partial charge in [0.1, 0.15) is 28.6 Å². The van der Waals surface area contributed by atoms with Crippen molar-refractivity contribution in [2.24, 2.45) is 0 Å². The summed E-state index contributed by atoms with van der Waals surface area (Å²) in [6, 6.07) is 15.9. The molecule has 2 aromatic carbocycles. The Kier molecular flexibility index (Phi) is 7.29. The predicted octanol–water partition coefficient (Wildman–Crippen LogP) is 6.65. The van der Waals surface area contributed by atoms with Crippen LogP contribution in [0.5, 0.6) is 11.6 Å². The second-order valence-corrected chi connectivity index (χ2v) is 8.60. The lowest BCUT2D eigenvalue weighted by Gasteiger charge is -2.12. The Morgan fingerprint density at radius 2 is 1.86 bits per heavy atom. The summed E-state index contributed by atoms with van der Waals surface area (Å²) in [5, 5.41) is 13.1. The quantitative estimate of drug-likeness (QED) is 0.224. The van der Waals surface area contributed by atoms with Crippen molar-refractivity contribution < 1.29 is 9.53 Å². The minimum Gasteiger partial charge on any atom is -0.437 e. The van der Waals surface area contributed by atoms with Gasteiger partial charge in [0.25, 0.3) is 11.5 Å². The van der Waals surface area contributed by atoms with Gasteiger partial charge in [-0.3, -0.25) is 14.0 Å². The van der Waals surface area contributed by atoms with E-state index in [1.165, 1.54) is 28.8 Å². The van der Waals surface area contributed by atoms with Crippen molar-refractivity contribution in [3.8, 4) is 17.7 Å². The number of halogens is 4. The first-order valence-electron chi connectivity index (χ1n) is 9.80. The number of fused-ring (bicyclic) bond motifs is 1. The maximum Gasteiger partial charge on any atom is 0.269 e. The highest BCUT2D eigenvalue weighted by Gasteiger charge is 2.19. The average molecular weight is 546 g/mol. The molecule has 0 fully saturated rings. The van der Waals surface area contributed by atoms with Gasteiger partial charge >= 0.3 is 0 Å². The zero-order valence-corrected chi connectivity index (χ0v) is 20.5. The molecule has 0 atom stereocenters. The summed E-state index contributed by atoms with van der Waals surface area (Å²) in [4.78, 5) is 30.5. The van der Waals surface area contributed by atoms with E-state index in [9.17, 15) is 14.9 Å². The Morgan fingerprint density at radius 1 is 1.06 bits per heavy atom. The lowest BCUT2D eigenvalue weighted by Crippen LogP contribution is -2.20. The van der Waals surface area contributed by atoms with E-state index in [1.807, 2.05) is 0 Å². The number of hydrogen-bond acceptors (Lipinski definition) is 5. The first-order valence-corrected chi connectivity index (χ1v) is 11.3. The highest BCUT2D eigenvalue weighted by atomic mass is 35.5. The van der Waals surface area contributed by atoms with E-state index in [4.69, 9.17) is 51.1 Å². The van der Waals surface area contributed by atoms with Crippen molar-refractivity contribution in [1.29, 1.82) is 5.26 Å². The standard InChI is InChI=1S/C24H12Cl4N4O3/c25-14-7-8-19(17(27)11-14)35-23-15(24(34)32-9-2-1-6-20(32)31-23)10-13(12-29)22(33)30-18-5-3-4-16(26)21(18)28/h1-11H,(H,30,33)/b13-10-. The molecule has 0 unspecified atom stereocenters. The summed E-state index contributed by atoms with van der Waals surface area (Å²) >= 11 is 24.3. The normalized spacial score (nSPS) is 11.2. The van der Waals surface area contributed by atoms with Crippen LogP contribution in [-0.4, -0.2) is 15.3 Å². The highest BCUT2D eigenvalue weighted by Crippen LogP contribution is 2.33. The van der Waals surface area contributed by atoms with Gasteiger partial charge in [-0.2, -0.15) is 10.2 Å². The highest BCUT2D eigenvalue weighted by molar-refractivity contribution is 6.44. The molecule has 11 heteroatoms. The number of aromatic nitrogens is 2. The smallest absolute Gasteiger partial charge is 0.269 e. The fourth-order valence-electron chi connectivity index (χ4n) is 3.03. The summed E-state index contributed by atoms with van der Waals surface area (Å²) in [5.74, 6) is -0.803. The van der Waals surface area contributed by atoms with E-state index >= 15 is 0 Å². The molecule has 0 spiro atoms. The number of nitrogens with one attached hydrogen (secondary N) is 1. The summed E-state index contributed by atoms with van der Waals surface area (Å²) in [6.07, 6.45) is 2.58. The lowest BCUT2D eigenvalue weighted by molar-refractivity contribution is -0.112. The second kappa shape index (κ2) is 10.4. The van der Waals surface area contributed by atoms with Crippen LogP contribution < -0.4 is 15.6 Å². The topological polar surface area (TPSA) is 96.5 Å². The van der Waals surface area contributed by atoms with Crippen LogP contribution in [0, 0.1) is 11.3 Å². The summed E-state index contributed by atoms with van der Waals surface area (Å²) in [6.45, 7) is 0. The zero-order valence-electron chi connectivity index (χ0n) is 17.4. The third-order valence-corrected chi connectivity index (χ3v) is 6.04. The first-order chi connectivity index (χ1) is 16.8. The number of carbonyl (C=O) groups excluding carboxylic acids is 1. The summed E-state index contributed by atoms with van der Waals surface area (Å²) in [7, 11) is 0. The molecule has 7 nitrogen and oxygen atoms in total. The van der Waals surface area contributed by atoms with Gasteiger partial charge in [0.2, 0.25) is 5.88 Å². The lowest BCUT2D eigenvalue weighted by atomic mass is 10.1. The number of amides is 1. The van der Waals surface area contributed by atoms with Gasteiger partial charge in [-0.25, -0.2) is 0 Å². The maximum absolute atomic E-state index is 13.3. The molecule has 2 aromatic heterocycles. The van der Waals surface area contributed by atoms with E-state index < -0.39 is 17.0 Å². The number of rotatable bonds is 5. The molecule has 0 aliphatic carbocycles. The molecule has 0 saturated heterocycles. The van der Waals surface area contributed by atoms with Crippen LogP contribution in [0.4, 0.5) is 5.69 Å². The molecule has 1 N–H and O–H groups in total. The van der Waals surface area contributed by atoms with E-state index in [1.54, 1.807) is 42.5 Å². The van der Waals surface area contributed by atoms with E-state index in [2.05, 4.69) is 10.3 Å². The van der Waals surface area contributed by atoms with Crippen molar-refractivity contribution in [3.63, 3.8) is 0 Å². The number of nitriles is 1. The van der Waals surface area contributed by atoms with Crippen molar-refractivity contribution in [3.05, 3.63) is 102 Å².